The molecule has 0 aliphatic carbocycles. The van der Waals surface area contributed by atoms with Gasteiger partial charge in [0.1, 0.15) is 0 Å². The van der Waals surface area contributed by atoms with Crippen LogP contribution in [0, 0.1) is 0 Å². The molecule has 2 rings (SSSR count). The van der Waals surface area contributed by atoms with Crippen molar-refractivity contribution in [1.29, 1.82) is 0 Å². The van der Waals surface area contributed by atoms with Crippen molar-refractivity contribution in [3.63, 3.8) is 0 Å². The van der Waals surface area contributed by atoms with Gasteiger partial charge in [-0.1, -0.05) is 58.4 Å². The zero-order valence-electron chi connectivity index (χ0n) is 13.4. The van der Waals surface area contributed by atoms with Crippen molar-refractivity contribution in [1.82, 2.24) is 16.0 Å². The second-order valence-corrected chi connectivity index (χ2v) is 6.29. The van der Waals surface area contributed by atoms with Crippen LogP contribution in [-0.4, -0.2) is 18.5 Å². The van der Waals surface area contributed by atoms with Crippen molar-refractivity contribution in [3.05, 3.63) is 70.2 Å². The molecule has 2 aromatic rings. The first-order valence-electron chi connectivity index (χ1n) is 7.65. The molecule has 0 heterocycles. The van der Waals surface area contributed by atoms with Crippen LogP contribution in [0.3, 0.4) is 0 Å². The molecule has 1 atom stereocenters. The number of nitrogens with one attached hydrogen (secondary N) is 3. The molecule has 0 aromatic heterocycles. The summed E-state index contributed by atoms with van der Waals surface area (Å²) in [6, 6.07) is 16.9. The lowest BCUT2D eigenvalue weighted by atomic mass is 10.1. The van der Waals surface area contributed by atoms with Crippen LogP contribution in [0.4, 0.5) is 4.79 Å². The van der Waals surface area contributed by atoms with Gasteiger partial charge < -0.3 is 10.6 Å². The second-order valence-electron chi connectivity index (χ2n) is 5.37. The third kappa shape index (κ3) is 6.14. The molecule has 5 nitrogen and oxygen atoms in total. The van der Waals surface area contributed by atoms with Gasteiger partial charge in [-0.3, -0.25) is 10.1 Å². The van der Waals surface area contributed by atoms with Gasteiger partial charge in [0.2, 0.25) is 5.91 Å². The Kier molecular flexibility index (Phi) is 6.96. The zero-order valence-corrected chi connectivity index (χ0v) is 15.0. The average molecular weight is 390 g/mol. The highest BCUT2D eigenvalue weighted by Crippen LogP contribution is 2.16. The van der Waals surface area contributed by atoms with Crippen LogP contribution in [0.25, 0.3) is 0 Å². The van der Waals surface area contributed by atoms with Crippen molar-refractivity contribution in [2.75, 3.05) is 6.54 Å². The largest absolute Gasteiger partial charge is 0.334 e. The highest BCUT2D eigenvalue weighted by Gasteiger charge is 2.10. The Morgan fingerprint density at radius 2 is 1.71 bits per heavy atom. The van der Waals surface area contributed by atoms with Gasteiger partial charge in [0.05, 0.1) is 6.54 Å². The molecule has 0 aliphatic rings. The van der Waals surface area contributed by atoms with E-state index < -0.39 is 6.03 Å². The van der Waals surface area contributed by atoms with Gasteiger partial charge in [0.25, 0.3) is 0 Å². The maximum Gasteiger partial charge on any atom is 0.321 e. The molecule has 6 heteroatoms. The predicted molar refractivity (Wildman–Crippen MR) is 97.4 cm³/mol. The Morgan fingerprint density at radius 3 is 2.38 bits per heavy atom. The molecule has 2 aromatic carbocycles. The summed E-state index contributed by atoms with van der Waals surface area (Å²) >= 11 is 3.39. The summed E-state index contributed by atoms with van der Waals surface area (Å²) in [5, 5.41) is 8.05. The first kappa shape index (κ1) is 18.2. The highest BCUT2D eigenvalue weighted by molar-refractivity contribution is 9.10. The molecule has 0 fully saturated rings. The van der Waals surface area contributed by atoms with Crippen molar-refractivity contribution in [3.8, 4) is 0 Å². The van der Waals surface area contributed by atoms with Crippen molar-refractivity contribution in [2.45, 2.75) is 19.5 Å². The fraction of sp³-hybridized carbons (Fsp3) is 0.222. The molecular formula is C18H20BrN3O2. The molecule has 0 spiro atoms. The summed E-state index contributed by atoms with van der Waals surface area (Å²) in [5.74, 6) is -0.371. The van der Waals surface area contributed by atoms with E-state index in [2.05, 4.69) is 31.9 Å². The fourth-order valence-electron chi connectivity index (χ4n) is 2.11. The lowest BCUT2D eigenvalue weighted by Gasteiger charge is -2.14. The van der Waals surface area contributed by atoms with Crippen LogP contribution in [-0.2, 0) is 11.3 Å². The van der Waals surface area contributed by atoms with E-state index in [-0.39, 0.29) is 18.5 Å². The van der Waals surface area contributed by atoms with Gasteiger partial charge in [0.15, 0.2) is 0 Å². The Morgan fingerprint density at radius 1 is 1.04 bits per heavy atom. The summed E-state index contributed by atoms with van der Waals surface area (Å²) in [6.45, 7) is 2.41. The Hall–Kier alpha value is -2.18. The standard InChI is InChI=1S/C18H20BrN3O2/c1-13(15-7-9-16(19)10-8-15)20-12-17(23)22-18(24)21-11-14-5-3-2-4-6-14/h2-10,13,20H,11-12H2,1H3,(H2,21,22,23,24)/t13-/m0/s1. The molecule has 0 radical (unpaired) electrons. The molecule has 126 valence electrons. The number of hydrogen-bond donors (Lipinski definition) is 3. The van der Waals surface area contributed by atoms with E-state index >= 15 is 0 Å². The normalized spacial score (nSPS) is 11.6. The first-order valence-corrected chi connectivity index (χ1v) is 8.44. The minimum atomic E-state index is -0.498. The molecule has 0 saturated carbocycles. The molecule has 24 heavy (non-hydrogen) atoms. The second kappa shape index (κ2) is 9.20. The van der Waals surface area contributed by atoms with Gasteiger partial charge in [-0.05, 0) is 30.2 Å². The van der Waals surface area contributed by atoms with Gasteiger partial charge in [-0.2, -0.15) is 0 Å². The summed E-state index contributed by atoms with van der Waals surface area (Å²) < 4.78 is 1.01. The van der Waals surface area contributed by atoms with Crippen LogP contribution in [0.5, 0.6) is 0 Å². The van der Waals surface area contributed by atoms with E-state index in [1.54, 1.807) is 0 Å². The lowest BCUT2D eigenvalue weighted by Crippen LogP contribution is -2.43. The third-order valence-corrected chi connectivity index (χ3v) is 4.02. The maximum absolute atomic E-state index is 11.8. The smallest absolute Gasteiger partial charge is 0.321 e. The van der Waals surface area contributed by atoms with E-state index in [9.17, 15) is 9.59 Å². The van der Waals surface area contributed by atoms with Crippen LogP contribution in [0.1, 0.15) is 24.1 Å². The van der Waals surface area contributed by atoms with E-state index in [0.29, 0.717) is 6.54 Å². The molecule has 0 aliphatic heterocycles. The van der Waals surface area contributed by atoms with Crippen molar-refractivity contribution >= 4 is 27.9 Å². The van der Waals surface area contributed by atoms with Gasteiger partial charge in [-0.25, -0.2) is 4.79 Å². The minimum absolute atomic E-state index is 0.0104. The number of hydrogen-bond acceptors (Lipinski definition) is 3. The molecule has 3 amide bonds. The number of imide groups is 1. The Bertz CT molecular complexity index is 674. The van der Waals surface area contributed by atoms with Gasteiger partial charge >= 0.3 is 6.03 Å². The van der Waals surface area contributed by atoms with Crippen LogP contribution < -0.4 is 16.0 Å². The predicted octanol–water partition coefficient (Wildman–Crippen LogP) is 3.13. The molecule has 3 N–H and O–H groups in total. The first-order chi connectivity index (χ1) is 11.5. The van der Waals surface area contributed by atoms with Gasteiger partial charge in [-0.15, -0.1) is 0 Å². The third-order valence-electron chi connectivity index (χ3n) is 3.49. The van der Waals surface area contributed by atoms with Crippen molar-refractivity contribution in [2.24, 2.45) is 0 Å². The molecule has 0 unspecified atom stereocenters. The molecule has 0 bridgehead atoms. The minimum Gasteiger partial charge on any atom is -0.334 e. The van der Waals surface area contributed by atoms with E-state index in [1.807, 2.05) is 61.5 Å². The zero-order chi connectivity index (χ0) is 17.4. The number of urea groups is 1. The number of amides is 3. The van der Waals surface area contributed by atoms with Crippen LogP contribution in [0.2, 0.25) is 0 Å². The van der Waals surface area contributed by atoms with Crippen LogP contribution in [0.15, 0.2) is 59.1 Å². The highest BCUT2D eigenvalue weighted by atomic mass is 79.9. The summed E-state index contributed by atoms with van der Waals surface area (Å²) in [6.07, 6.45) is 0. The quantitative estimate of drug-likeness (QED) is 0.710. The van der Waals surface area contributed by atoms with Gasteiger partial charge in [0, 0.05) is 17.1 Å². The average Bonchev–Trinajstić information content (AvgIpc) is 2.59. The summed E-state index contributed by atoms with van der Waals surface area (Å²) in [4.78, 5) is 23.5. The molecular weight excluding hydrogens is 370 g/mol. The van der Waals surface area contributed by atoms with Crippen molar-refractivity contribution < 1.29 is 9.59 Å². The number of halogens is 1. The monoisotopic (exact) mass is 389 g/mol. The summed E-state index contributed by atoms with van der Waals surface area (Å²) in [5.41, 5.74) is 2.04. The molecule has 0 saturated heterocycles. The maximum atomic E-state index is 11.8. The Balaban J connectivity index is 1.70. The van der Waals surface area contributed by atoms with E-state index in [1.165, 1.54) is 0 Å². The van der Waals surface area contributed by atoms with Crippen LogP contribution >= 0.6 is 15.9 Å². The number of rotatable bonds is 6. The van der Waals surface area contributed by atoms with E-state index in [0.717, 1.165) is 15.6 Å². The summed E-state index contributed by atoms with van der Waals surface area (Å²) in [7, 11) is 0. The lowest BCUT2D eigenvalue weighted by molar-refractivity contribution is -0.119. The van der Waals surface area contributed by atoms with E-state index in [4.69, 9.17) is 0 Å². The Labute approximate surface area is 150 Å². The fourth-order valence-corrected chi connectivity index (χ4v) is 2.37. The number of benzene rings is 2. The SMILES string of the molecule is C[C@H](NCC(=O)NC(=O)NCc1ccccc1)c1ccc(Br)cc1. The number of carbonyl (C=O) groups excluding carboxylic acids is 2. The topological polar surface area (TPSA) is 70.2 Å². The number of carbonyl (C=O) groups is 2.